The molecule has 1 aromatic heterocycles. The van der Waals surface area contributed by atoms with Crippen LogP contribution in [0.4, 0.5) is 9.59 Å². The Hall–Kier alpha value is -4.88. The predicted molar refractivity (Wildman–Crippen MR) is 188 cm³/mol. The summed E-state index contributed by atoms with van der Waals surface area (Å²) in [5.74, 6) is 1.03. The van der Waals surface area contributed by atoms with Crippen LogP contribution in [0.15, 0.2) is 41.0 Å². The average molecular weight is 689 g/mol. The topological polar surface area (TPSA) is 170 Å². The Morgan fingerprint density at radius 1 is 0.880 bits per heavy atom. The number of methoxy groups -OCH3 is 2. The first-order chi connectivity index (χ1) is 24.0. The fourth-order valence-electron chi connectivity index (χ4n) is 7.40. The first-order valence-electron chi connectivity index (χ1n) is 17.6. The molecule has 2 aromatic rings. The summed E-state index contributed by atoms with van der Waals surface area (Å²) in [5, 5.41) is 8.94. The van der Waals surface area contributed by atoms with E-state index in [2.05, 4.69) is 45.2 Å². The Morgan fingerprint density at radius 3 is 2.08 bits per heavy atom. The molecule has 0 spiro atoms. The number of hydrogen-bond acceptors (Lipinski definition) is 9. The molecule has 1 unspecified atom stereocenters. The van der Waals surface area contributed by atoms with Crippen LogP contribution in [0.5, 0.6) is 0 Å². The van der Waals surface area contributed by atoms with Gasteiger partial charge in [0.05, 0.1) is 43.4 Å². The number of hydrogen-bond donors (Lipinski definition) is 4. The molecule has 4 N–H and O–H groups in total. The molecule has 0 radical (unpaired) electrons. The number of nitrogens with zero attached hydrogens (tertiary/aromatic N) is 4. The third-order valence-corrected chi connectivity index (χ3v) is 10.1. The number of fused-ring (bicyclic) bond motifs is 2. The van der Waals surface area contributed by atoms with Gasteiger partial charge in [-0.25, -0.2) is 14.6 Å². The lowest BCUT2D eigenvalue weighted by atomic mass is 9.95. The Kier molecular flexibility index (Phi) is 10.2. The molecule has 14 heteroatoms. The minimum atomic E-state index is -0.694. The third kappa shape index (κ3) is 6.92. The predicted octanol–water partition coefficient (Wildman–Crippen LogP) is 4.02. The van der Waals surface area contributed by atoms with Gasteiger partial charge in [0.1, 0.15) is 23.7 Å². The van der Waals surface area contributed by atoms with Gasteiger partial charge in [0.2, 0.25) is 11.8 Å². The second-order valence-corrected chi connectivity index (χ2v) is 14.1. The molecule has 268 valence electrons. The van der Waals surface area contributed by atoms with Crippen LogP contribution in [-0.2, 0) is 19.1 Å². The second kappa shape index (κ2) is 14.5. The van der Waals surface area contributed by atoms with Gasteiger partial charge < -0.3 is 40.2 Å². The molecular formula is C36H48N8O6. The standard InChI is InChI=1S/C36H48N8O6/c1-19(2)29(41-35(47)49-5)33(45)43-15-7-9-27(43)31-37-23-13-11-21(17-25(23)39-31)22-12-14-24-26(18-22)40-32(38-24)28-10-8-16-44(28)34(46)30(20(3)4)42-36(48)50-6/h11-13,17-20,24,27-30H,7-10,14-16H2,1-6H3,(H,37,39)(H,38,40)(H,41,47)(H,42,48)/t24?,27-,28-,29-,30-/m0/s1. The SMILES string of the molecule is COC(=O)N[C@H](C(=O)N1CCC[C@H]1C1=NC2CC=C(c3ccc4nc([C@@H]5CCCN5C(=O)[C@@H](NC(=O)OC)C(C)C)[nH]c4c3)C=C2N1)C(C)C. The van der Waals surface area contributed by atoms with E-state index in [4.69, 9.17) is 19.5 Å². The van der Waals surface area contributed by atoms with Crippen molar-refractivity contribution in [2.75, 3.05) is 27.3 Å². The largest absolute Gasteiger partial charge is 0.453 e. The van der Waals surface area contributed by atoms with Crippen molar-refractivity contribution in [1.29, 1.82) is 0 Å². The quantitative estimate of drug-likeness (QED) is 0.306. The minimum absolute atomic E-state index is 0.0443. The maximum Gasteiger partial charge on any atom is 0.407 e. The number of carbonyl (C=O) groups excluding carboxylic acids is 4. The van der Waals surface area contributed by atoms with Crippen LogP contribution in [0, 0.1) is 11.8 Å². The van der Waals surface area contributed by atoms with Gasteiger partial charge in [-0.05, 0) is 73.3 Å². The summed E-state index contributed by atoms with van der Waals surface area (Å²) < 4.78 is 9.53. The molecule has 6 rings (SSSR count). The highest BCUT2D eigenvalue weighted by Gasteiger charge is 2.41. The molecule has 2 saturated heterocycles. The average Bonchev–Trinajstić information content (AvgIpc) is 3.92. The zero-order valence-corrected chi connectivity index (χ0v) is 29.6. The van der Waals surface area contributed by atoms with Crippen LogP contribution in [0.3, 0.4) is 0 Å². The smallest absolute Gasteiger partial charge is 0.407 e. The summed E-state index contributed by atoms with van der Waals surface area (Å²) in [6.45, 7) is 8.80. The maximum absolute atomic E-state index is 13.6. The Labute approximate surface area is 292 Å². The van der Waals surface area contributed by atoms with Crippen molar-refractivity contribution in [2.24, 2.45) is 16.8 Å². The first-order valence-corrected chi connectivity index (χ1v) is 17.6. The fourth-order valence-corrected chi connectivity index (χ4v) is 7.40. The monoisotopic (exact) mass is 688 g/mol. The second-order valence-electron chi connectivity index (χ2n) is 14.1. The number of aromatic amines is 1. The molecule has 4 heterocycles. The number of likely N-dealkylation sites (tertiary alicyclic amines) is 2. The van der Waals surface area contributed by atoms with E-state index >= 15 is 0 Å². The van der Waals surface area contributed by atoms with E-state index in [0.717, 1.165) is 71.6 Å². The summed E-state index contributed by atoms with van der Waals surface area (Å²) in [5.41, 5.74) is 4.78. The molecule has 5 atom stereocenters. The van der Waals surface area contributed by atoms with E-state index in [-0.39, 0.29) is 41.8 Å². The van der Waals surface area contributed by atoms with Crippen molar-refractivity contribution >= 4 is 46.4 Å². The fraction of sp³-hybridized carbons (Fsp3) is 0.556. The number of rotatable bonds is 9. The van der Waals surface area contributed by atoms with Gasteiger partial charge in [-0.15, -0.1) is 0 Å². The van der Waals surface area contributed by atoms with Crippen molar-refractivity contribution in [3.63, 3.8) is 0 Å². The molecule has 14 nitrogen and oxygen atoms in total. The van der Waals surface area contributed by atoms with Crippen LogP contribution < -0.4 is 16.0 Å². The van der Waals surface area contributed by atoms with Crippen molar-refractivity contribution < 1.29 is 28.7 Å². The molecule has 4 amide bonds. The van der Waals surface area contributed by atoms with Crippen LogP contribution in [-0.4, -0.2) is 101 Å². The van der Waals surface area contributed by atoms with E-state index in [1.807, 2.05) is 43.6 Å². The number of carbonyl (C=O) groups is 4. The number of aliphatic imine (C=N–C) groups is 1. The van der Waals surface area contributed by atoms with E-state index in [9.17, 15) is 19.2 Å². The van der Waals surface area contributed by atoms with E-state index in [0.29, 0.717) is 13.1 Å². The molecule has 0 bridgehead atoms. The van der Waals surface area contributed by atoms with E-state index < -0.39 is 24.3 Å². The molecule has 4 aliphatic rings. The Morgan fingerprint density at radius 2 is 1.48 bits per heavy atom. The van der Waals surface area contributed by atoms with Gasteiger partial charge in [-0.2, -0.15) is 0 Å². The Balaban J connectivity index is 1.16. The maximum atomic E-state index is 13.6. The minimum Gasteiger partial charge on any atom is -0.453 e. The van der Waals surface area contributed by atoms with Gasteiger partial charge in [-0.3, -0.25) is 14.6 Å². The molecular weight excluding hydrogens is 640 g/mol. The number of allylic oxidation sites excluding steroid dienone is 2. The third-order valence-electron chi connectivity index (χ3n) is 10.1. The zero-order chi connectivity index (χ0) is 35.7. The first kappa shape index (κ1) is 35.0. The summed E-state index contributed by atoms with van der Waals surface area (Å²) in [6, 6.07) is 4.30. The number of alkyl carbamates (subject to hydrolysis) is 2. The molecule has 50 heavy (non-hydrogen) atoms. The number of benzene rings is 1. The molecule has 2 fully saturated rings. The summed E-state index contributed by atoms with van der Waals surface area (Å²) >= 11 is 0. The van der Waals surface area contributed by atoms with E-state index in [1.165, 1.54) is 14.2 Å². The van der Waals surface area contributed by atoms with Crippen molar-refractivity contribution in [3.05, 3.63) is 47.4 Å². The number of aromatic nitrogens is 2. The van der Waals surface area contributed by atoms with Crippen molar-refractivity contribution in [2.45, 2.75) is 90.0 Å². The van der Waals surface area contributed by atoms with Gasteiger partial charge in [-0.1, -0.05) is 39.8 Å². The number of nitrogens with one attached hydrogen (secondary N) is 4. The molecule has 3 aliphatic heterocycles. The van der Waals surface area contributed by atoms with Crippen LogP contribution in [0.25, 0.3) is 16.6 Å². The summed E-state index contributed by atoms with van der Waals surface area (Å²) in [4.78, 5) is 68.2. The molecule has 1 aliphatic carbocycles. The highest BCUT2D eigenvalue weighted by molar-refractivity contribution is 5.97. The number of imidazole rings is 1. The molecule has 0 saturated carbocycles. The normalized spacial score (nSPS) is 22.8. The van der Waals surface area contributed by atoms with Gasteiger partial charge in [0, 0.05) is 18.8 Å². The Bertz CT molecular complexity index is 1740. The number of amidine groups is 1. The zero-order valence-electron chi connectivity index (χ0n) is 29.6. The number of amides is 4. The highest BCUT2D eigenvalue weighted by atomic mass is 16.5. The number of ether oxygens (including phenoxy) is 2. The van der Waals surface area contributed by atoms with E-state index in [1.54, 1.807) is 0 Å². The van der Waals surface area contributed by atoms with Gasteiger partial charge in [0.25, 0.3) is 0 Å². The lowest BCUT2D eigenvalue weighted by molar-refractivity contribution is -0.135. The van der Waals surface area contributed by atoms with Crippen molar-refractivity contribution in [3.8, 4) is 0 Å². The summed E-state index contributed by atoms with van der Waals surface area (Å²) in [6.07, 6.45) is 7.05. The number of H-pyrrole nitrogens is 1. The van der Waals surface area contributed by atoms with Crippen molar-refractivity contribution in [1.82, 2.24) is 35.7 Å². The lowest BCUT2D eigenvalue weighted by Gasteiger charge is -2.30. The molecule has 1 aromatic carbocycles. The summed E-state index contributed by atoms with van der Waals surface area (Å²) in [7, 11) is 2.58. The lowest BCUT2D eigenvalue weighted by Crippen LogP contribution is -2.54. The van der Waals surface area contributed by atoms with Gasteiger partial charge >= 0.3 is 12.2 Å². The van der Waals surface area contributed by atoms with Crippen LogP contribution in [0.1, 0.15) is 77.2 Å². The highest BCUT2D eigenvalue weighted by Crippen LogP contribution is 2.35. The van der Waals surface area contributed by atoms with Gasteiger partial charge in [0.15, 0.2) is 0 Å². The van der Waals surface area contributed by atoms with Crippen LogP contribution >= 0.6 is 0 Å². The van der Waals surface area contributed by atoms with Crippen LogP contribution in [0.2, 0.25) is 0 Å².